The maximum atomic E-state index is 10.5. The number of aliphatic imine (C=N–C) groups is 1. The molecule has 0 saturated carbocycles. The fourth-order valence-corrected chi connectivity index (χ4v) is 1.14. The van der Waals surface area contributed by atoms with E-state index in [1.54, 1.807) is 7.05 Å². The van der Waals surface area contributed by atoms with Crippen molar-refractivity contribution < 1.29 is 9.90 Å². The van der Waals surface area contributed by atoms with Gasteiger partial charge in [0, 0.05) is 25.2 Å². The molecule has 0 aromatic heterocycles. The molecule has 4 nitrogen and oxygen atoms in total. The Balaban J connectivity index is 4.09. The fraction of sp³-hybridized carbons (Fsp3) is 0.750. The molecule has 0 aromatic rings. The first-order valence-corrected chi connectivity index (χ1v) is 4.71. The number of hydrogen-bond acceptors (Lipinski definition) is 4. The summed E-state index contributed by atoms with van der Waals surface area (Å²) in [7, 11) is 1.81. The standard InChI is InChI=1S/C8H16N2O2S/c1-3-10-6(5-9-2)4-7(13)8(11)12/h7,9,13H,3-5H2,1-2H3,(H,11,12)/t7-/m0/s1. The van der Waals surface area contributed by atoms with E-state index in [-0.39, 0.29) is 0 Å². The van der Waals surface area contributed by atoms with Crippen molar-refractivity contribution in [3.63, 3.8) is 0 Å². The first-order valence-electron chi connectivity index (χ1n) is 4.19. The van der Waals surface area contributed by atoms with Gasteiger partial charge in [-0.3, -0.25) is 9.79 Å². The monoisotopic (exact) mass is 204 g/mol. The molecule has 2 N–H and O–H groups in total. The Bertz CT molecular complexity index is 195. The van der Waals surface area contributed by atoms with Crippen LogP contribution in [-0.2, 0) is 4.79 Å². The predicted molar refractivity (Wildman–Crippen MR) is 56.9 cm³/mol. The highest BCUT2D eigenvalue weighted by Gasteiger charge is 2.14. The average molecular weight is 204 g/mol. The van der Waals surface area contributed by atoms with Gasteiger partial charge in [0.25, 0.3) is 0 Å². The zero-order valence-electron chi connectivity index (χ0n) is 7.95. The zero-order valence-corrected chi connectivity index (χ0v) is 8.84. The van der Waals surface area contributed by atoms with Crippen LogP contribution in [0.4, 0.5) is 0 Å². The van der Waals surface area contributed by atoms with E-state index in [0.717, 1.165) is 5.71 Å². The molecule has 0 amide bonds. The van der Waals surface area contributed by atoms with Crippen molar-refractivity contribution in [2.24, 2.45) is 4.99 Å². The molecule has 0 radical (unpaired) electrons. The van der Waals surface area contributed by atoms with Gasteiger partial charge in [0.15, 0.2) is 0 Å². The second-order valence-corrected chi connectivity index (χ2v) is 3.25. The number of hydrogen-bond donors (Lipinski definition) is 3. The molecule has 1 atom stereocenters. The molecule has 0 fully saturated rings. The van der Waals surface area contributed by atoms with E-state index in [2.05, 4.69) is 22.9 Å². The largest absolute Gasteiger partial charge is 0.480 e. The normalized spacial score (nSPS) is 14.2. The number of aliphatic carboxylic acids is 1. The number of carboxylic acids is 1. The Kier molecular flexibility index (Phi) is 6.62. The van der Waals surface area contributed by atoms with Crippen LogP contribution in [0.5, 0.6) is 0 Å². The summed E-state index contributed by atoms with van der Waals surface area (Å²) in [5.41, 5.74) is 0.854. The molecule has 0 spiro atoms. The van der Waals surface area contributed by atoms with Crippen LogP contribution in [0.1, 0.15) is 13.3 Å². The van der Waals surface area contributed by atoms with E-state index in [1.807, 2.05) is 6.92 Å². The van der Waals surface area contributed by atoms with Crippen molar-refractivity contribution in [3.8, 4) is 0 Å². The molecular formula is C8H16N2O2S. The minimum atomic E-state index is -0.900. The summed E-state index contributed by atoms with van der Waals surface area (Å²) in [6.45, 7) is 3.22. The lowest BCUT2D eigenvalue weighted by molar-refractivity contribution is -0.136. The van der Waals surface area contributed by atoms with Crippen molar-refractivity contribution in [2.45, 2.75) is 18.6 Å². The molecule has 76 valence electrons. The van der Waals surface area contributed by atoms with E-state index in [4.69, 9.17) is 5.11 Å². The van der Waals surface area contributed by atoms with Gasteiger partial charge in [0.05, 0.1) is 0 Å². The van der Waals surface area contributed by atoms with Gasteiger partial charge in [-0.05, 0) is 14.0 Å². The highest BCUT2D eigenvalue weighted by Crippen LogP contribution is 2.03. The molecule has 0 bridgehead atoms. The Labute approximate surface area is 83.8 Å². The van der Waals surface area contributed by atoms with Gasteiger partial charge >= 0.3 is 5.97 Å². The topological polar surface area (TPSA) is 61.7 Å². The number of rotatable bonds is 6. The van der Waals surface area contributed by atoms with Crippen molar-refractivity contribution in [1.29, 1.82) is 0 Å². The predicted octanol–water partition coefficient (Wildman–Crippen LogP) is 0.440. The zero-order chi connectivity index (χ0) is 10.3. The van der Waals surface area contributed by atoms with E-state index >= 15 is 0 Å². The minimum absolute atomic E-state index is 0.396. The first kappa shape index (κ1) is 12.4. The van der Waals surface area contributed by atoms with Gasteiger partial charge in [-0.25, -0.2) is 0 Å². The lowest BCUT2D eigenvalue weighted by Crippen LogP contribution is -2.25. The highest BCUT2D eigenvalue weighted by atomic mass is 32.1. The number of nitrogens with zero attached hydrogens (tertiary/aromatic N) is 1. The summed E-state index contributed by atoms with van der Waals surface area (Å²) in [5, 5.41) is 10.9. The minimum Gasteiger partial charge on any atom is -0.480 e. The van der Waals surface area contributed by atoms with Crippen LogP contribution in [0.25, 0.3) is 0 Å². The summed E-state index contributed by atoms with van der Waals surface area (Å²) in [6.07, 6.45) is 0.396. The van der Waals surface area contributed by atoms with Gasteiger partial charge in [0.2, 0.25) is 0 Å². The maximum Gasteiger partial charge on any atom is 0.316 e. The second-order valence-electron chi connectivity index (χ2n) is 2.63. The molecule has 5 heteroatoms. The third-order valence-electron chi connectivity index (χ3n) is 1.48. The van der Waals surface area contributed by atoms with Crippen molar-refractivity contribution >= 4 is 24.3 Å². The van der Waals surface area contributed by atoms with E-state index < -0.39 is 11.2 Å². The van der Waals surface area contributed by atoms with Crippen LogP contribution in [0, 0.1) is 0 Å². The van der Waals surface area contributed by atoms with Crippen LogP contribution in [-0.4, -0.2) is 42.2 Å². The molecule has 0 aromatic carbocycles. The van der Waals surface area contributed by atoms with Crippen LogP contribution in [0.15, 0.2) is 4.99 Å². The molecule has 0 rings (SSSR count). The maximum absolute atomic E-state index is 10.5. The third-order valence-corrected chi connectivity index (χ3v) is 1.88. The molecular weight excluding hydrogens is 188 g/mol. The van der Waals surface area contributed by atoms with Gasteiger partial charge in [-0.1, -0.05) is 0 Å². The number of thiol groups is 1. The first-order chi connectivity index (χ1) is 6.11. The summed E-state index contributed by atoms with van der Waals surface area (Å²) in [4.78, 5) is 14.7. The smallest absolute Gasteiger partial charge is 0.316 e. The van der Waals surface area contributed by atoms with Crippen LogP contribution in [0.3, 0.4) is 0 Å². The van der Waals surface area contributed by atoms with E-state index in [1.165, 1.54) is 0 Å². The Morgan fingerprint density at radius 2 is 2.31 bits per heavy atom. The van der Waals surface area contributed by atoms with E-state index in [9.17, 15) is 4.79 Å². The summed E-state index contributed by atoms with van der Waals surface area (Å²) >= 11 is 3.94. The van der Waals surface area contributed by atoms with Gasteiger partial charge in [-0.2, -0.15) is 12.6 Å². The second kappa shape index (κ2) is 6.91. The lowest BCUT2D eigenvalue weighted by atomic mass is 10.2. The number of nitrogens with one attached hydrogen (secondary N) is 1. The molecule has 13 heavy (non-hydrogen) atoms. The summed E-state index contributed by atoms with van der Waals surface area (Å²) < 4.78 is 0. The molecule has 0 unspecified atom stereocenters. The van der Waals surface area contributed by atoms with Gasteiger partial charge < -0.3 is 10.4 Å². The van der Waals surface area contributed by atoms with Crippen LogP contribution >= 0.6 is 12.6 Å². The molecule has 0 saturated heterocycles. The van der Waals surface area contributed by atoms with Crippen molar-refractivity contribution in [2.75, 3.05) is 20.1 Å². The van der Waals surface area contributed by atoms with Gasteiger partial charge in [0.1, 0.15) is 5.25 Å². The Hall–Kier alpha value is -0.550. The molecule has 0 aliphatic carbocycles. The average Bonchev–Trinajstić information content (AvgIpc) is 2.05. The molecule has 0 aliphatic heterocycles. The number of carboxylic acid groups (broad SMARTS) is 1. The van der Waals surface area contributed by atoms with Crippen molar-refractivity contribution in [1.82, 2.24) is 5.32 Å². The van der Waals surface area contributed by atoms with E-state index in [0.29, 0.717) is 19.5 Å². The summed E-state index contributed by atoms with van der Waals surface area (Å²) in [6, 6.07) is 0. The van der Waals surface area contributed by atoms with Gasteiger partial charge in [-0.15, -0.1) is 0 Å². The van der Waals surface area contributed by atoms with Crippen LogP contribution in [0.2, 0.25) is 0 Å². The SMILES string of the molecule is CCN=C(CNC)C[C@H](S)C(=O)O. The third kappa shape index (κ3) is 5.65. The highest BCUT2D eigenvalue weighted by molar-refractivity contribution is 7.81. The molecule has 0 heterocycles. The van der Waals surface area contributed by atoms with Crippen molar-refractivity contribution in [3.05, 3.63) is 0 Å². The lowest BCUT2D eigenvalue weighted by Gasteiger charge is -2.08. The fourth-order valence-electron chi connectivity index (χ4n) is 0.931. The summed E-state index contributed by atoms with van der Waals surface area (Å²) in [5.74, 6) is -0.900. The number of carbonyl (C=O) groups is 1. The Morgan fingerprint density at radius 3 is 2.69 bits per heavy atom. The Morgan fingerprint density at radius 1 is 1.69 bits per heavy atom. The van der Waals surface area contributed by atoms with Crippen LogP contribution < -0.4 is 5.32 Å². The molecule has 0 aliphatic rings. The quantitative estimate of drug-likeness (QED) is 0.434.